The molecule has 0 aliphatic carbocycles. The Kier molecular flexibility index (Phi) is 4.46. The van der Waals surface area contributed by atoms with E-state index in [9.17, 15) is 0 Å². The van der Waals surface area contributed by atoms with Crippen LogP contribution in [0.15, 0.2) is 66.7 Å². The molecule has 3 rings (SSSR count). The number of rotatable bonds is 6. The van der Waals surface area contributed by atoms with Crippen LogP contribution >= 0.6 is 11.3 Å². The van der Waals surface area contributed by atoms with Crippen molar-refractivity contribution in [2.75, 3.05) is 5.32 Å². The van der Waals surface area contributed by atoms with E-state index in [2.05, 4.69) is 39.3 Å². The number of nitrogens with one attached hydrogen (secondary N) is 2. The summed E-state index contributed by atoms with van der Waals surface area (Å²) in [5.41, 5.74) is 2.87. The molecular formula is C17H16N4S. The molecule has 2 aromatic heterocycles. The molecule has 110 valence electrons. The van der Waals surface area contributed by atoms with Crippen LogP contribution in [0.5, 0.6) is 0 Å². The van der Waals surface area contributed by atoms with Gasteiger partial charge in [0.1, 0.15) is 5.82 Å². The molecule has 0 bridgehead atoms. The normalized spacial score (nSPS) is 10.2. The maximum absolute atomic E-state index is 4.52. The van der Waals surface area contributed by atoms with E-state index in [4.69, 9.17) is 0 Å². The van der Waals surface area contributed by atoms with E-state index in [1.807, 2.05) is 41.8 Å². The van der Waals surface area contributed by atoms with Crippen LogP contribution in [0.4, 0.5) is 10.9 Å². The molecule has 0 spiro atoms. The molecule has 0 unspecified atom stereocenters. The van der Waals surface area contributed by atoms with Crippen molar-refractivity contribution in [3.63, 3.8) is 0 Å². The molecule has 0 fully saturated rings. The minimum absolute atomic E-state index is 0.736. The van der Waals surface area contributed by atoms with Gasteiger partial charge in [-0.25, -0.2) is 9.97 Å². The highest BCUT2D eigenvalue weighted by molar-refractivity contribution is 7.13. The van der Waals surface area contributed by atoms with Gasteiger partial charge in [0, 0.05) is 18.1 Å². The first-order valence-electron chi connectivity index (χ1n) is 6.92. The van der Waals surface area contributed by atoms with Gasteiger partial charge in [-0.1, -0.05) is 43.0 Å². The number of thiazole rings is 1. The van der Waals surface area contributed by atoms with Crippen LogP contribution in [0.2, 0.25) is 0 Å². The van der Waals surface area contributed by atoms with Crippen molar-refractivity contribution in [2.45, 2.75) is 6.54 Å². The van der Waals surface area contributed by atoms with E-state index in [-0.39, 0.29) is 0 Å². The molecule has 0 atom stereocenters. The van der Waals surface area contributed by atoms with Gasteiger partial charge in [-0.2, -0.15) is 0 Å². The third-order valence-electron chi connectivity index (χ3n) is 3.06. The minimum atomic E-state index is 0.736. The number of anilines is 2. The molecule has 2 N–H and O–H groups in total. The molecule has 0 radical (unpaired) electrons. The van der Waals surface area contributed by atoms with Crippen molar-refractivity contribution in [3.8, 4) is 0 Å². The Morgan fingerprint density at radius 3 is 2.68 bits per heavy atom. The second-order valence-corrected chi connectivity index (χ2v) is 5.55. The number of pyridine rings is 1. The van der Waals surface area contributed by atoms with Crippen LogP contribution in [0, 0.1) is 0 Å². The van der Waals surface area contributed by atoms with Gasteiger partial charge < -0.3 is 10.6 Å². The van der Waals surface area contributed by atoms with E-state index in [0.29, 0.717) is 0 Å². The van der Waals surface area contributed by atoms with E-state index in [1.54, 1.807) is 6.20 Å². The molecule has 0 aliphatic heterocycles. The number of benzene rings is 1. The van der Waals surface area contributed by atoms with Gasteiger partial charge in [0.15, 0.2) is 5.13 Å². The van der Waals surface area contributed by atoms with Gasteiger partial charge in [-0.3, -0.25) is 0 Å². The van der Waals surface area contributed by atoms with Crippen LogP contribution in [0.1, 0.15) is 11.3 Å². The molecule has 0 aliphatic rings. The zero-order valence-corrected chi connectivity index (χ0v) is 12.8. The molecule has 1 aromatic carbocycles. The smallest absolute Gasteiger partial charge is 0.188 e. The first-order valence-corrected chi connectivity index (χ1v) is 7.80. The van der Waals surface area contributed by atoms with Gasteiger partial charge in [-0.05, 0) is 17.7 Å². The van der Waals surface area contributed by atoms with Gasteiger partial charge in [-0.15, -0.1) is 11.3 Å². The van der Waals surface area contributed by atoms with Gasteiger partial charge >= 0.3 is 0 Å². The molecule has 22 heavy (non-hydrogen) atoms. The van der Waals surface area contributed by atoms with E-state index >= 15 is 0 Å². The third-order valence-corrected chi connectivity index (χ3v) is 3.82. The van der Waals surface area contributed by atoms with Crippen molar-refractivity contribution < 1.29 is 0 Å². The van der Waals surface area contributed by atoms with Crippen LogP contribution in [0.25, 0.3) is 5.70 Å². The van der Waals surface area contributed by atoms with Crippen molar-refractivity contribution in [2.24, 2.45) is 0 Å². The first-order chi connectivity index (χ1) is 10.8. The minimum Gasteiger partial charge on any atom is -0.380 e. The molecule has 0 saturated carbocycles. The van der Waals surface area contributed by atoms with Crippen LogP contribution < -0.4 is 10.6 Å². The molecule has 3 aromatic rings. The molecule has 0 saturated heterocycles. The number of aromatic nitrogens is 2. The Morgan fingerprint density at radius 2 is 1.91 bits per heavy atom. The molecule has 4 nitrogen and oxygen atoms in total. The second kappa shape index (κ2) is 6.87. The lowest BCUT2D eigenvalue weighted by Gasteiger charge is -2.07. The third kappa shape index (κ3) is 3.71. The Hall–Kier alpha value is -2.66. The summed E-state index contributed by atoms with van der Waals surface area (Å²) in [7, 11) is 0. The van der Waals surface area contributed by atoms with Gasteiger partial charge in [0.05, 0.1) is 11.4 Å². The summed E-state index contributed by atoms with van der Waals surface area (Å²) in [6.45, 7) is 4.79. The number of hydrogen-bond donors (Lipinski definition) is 2. The monoisotopic (exact) mass is 308 g/mol. The second-order valence-electron chi connectivity index (χ2n) is 4.70. The average molecular weight is 308 g/mol. The fourth-order valence-electron chi connectivity index (χ4n) is 1.91. The molecule has 0 amide bonds. The maximum Gasteiger partial charge on any atom is 0.188 e. The zero-order chi connectivity index (χ0) is 15.2. The fourth-order valence-corrected chi connectivity index (χ4v) is 2.64. The van der Waals surface area contributed by atoms with Crippen LogP contribution in [0.3, 0.4) is 0 Å². The molecule has 5 heteroatoms. The van der Waals surface area contributed by atoms with Crippen LogP contribution in [-0.4, -0.2) is 9.97 Å². The van der Waals surface area contributed by atoms with Gasteiger partial charge in [0.25, 0.3) is 0 Å². The molecule has 2 heterocycles. The van der Waals surface area contributed by atoms with Crippen molar-refractivity contribution in [1.82, 2.24) is 15.3 Å². The highest BCUT2D eigenvalue weighted by Gasteiger charge is 2.06. The lowest BCUT2D eigenvalue weighted by Crippen LogP contribution is -2.11. The summed E-state index contributed by atoms with van der Waals surface area (Å²) in [5.74, 6) is 0.784. The highest BCUT2D eigenvalue weighted by atomic mass is 32.1. The Bertz CT molecular complexity index is 738. The van der Waals surface area contributed by atoms with E-state index in [1.165, 1.54) is 16.9 Å². The summed E-state index contributed by atoms with van der Waals surface area (Å²) in [6.07, 6.45) is 1.75. The summed E-state index contributed by atoms with van der Waals surface area (Å²) >= 11 is 1.53. The zero-order valence-electron chi connectivity index (χ0n) is 12.0. The largest absolute Gasteiger partial charge is 0.380 e. The van der Waals surface area contributed by atoms with Crippen molar-refractivity contribution in [1.29, 1.82) is 0 Å². The predicted molar refractivity (Wildman–Crippen MR) is 91.9 cm³/mol. The number of nitrogens with zero attached hydrogens (tertiary/aromatic N) is 2. The average Bonchev–Trinajstić information content (AvgIpc) is 3.03. The fraction of sp³-hybridized carbons (Fsp3) is 0.0588. The van der Waals surface area contributed by atoms with Crippen molar-refractivity contribution in [3.05, 3.63) is 77.9 Å². The Balaban J connectivity index is 1.60. The van der Waals surface area contributed by atoms with Gasteiger partial charge in [0.2, 0.25) is 0 Å². The highest BCUT2D eigenvalue weighted by Crippen LogP contribution is 2.22. The number of hydrogen-bond acceptors (Lipinski definition) is 5. The summed E-state index contributed by atoms with van der Waals surface area (Å²) in [5, 5.41) is 9.26. The standard InChI is InChI=1S/C17H16N4S/c1-13(19-11-14-7-3-2-4-8-14)15-12-22-17(20-15)21-16-9-5-6-10-18-16/h2-10,12,19H,1,11H2,(H,18,20,21). The summed E-state index contributed by atoms with van der Waals surface area (Å²) < 4.78 is 0. The quantitative estimate of drug-likeness (QED) is 0.721. The molecular weight excluding hydrogens is 292 g/mol. The first kappa shape index (κ1) is 14.3. The maximum atomic E-state index is 4.52. The topological polar surface area (TPSA) is 49.8 Å². The summed E-state index contributed by atoms with van der Waals surface area (Å²) in [6, 6.07) is 15.9. The lowest BCUT2D eigenvalue weighted by molar-refractivity contribution is 0.887. The lowest BCUT2D eigenvalue weighted by atomic mass is 10.2. The van der Waals surface area contributed by atoms with E-state index in [0.717, 1.165) is 28.9 Å². The van der Waals surface area contributed by atoms with Crippen molar-refractivity contribution >= 4 is 28.0 Å². The predicted octanol–water partition coefficient (Wildman–Crippen LogP) is 4.04. The SMILES string of the molecule is C=C(NCc1ccccc1)c1csc(Nc2ccccn2)n1. The Labute approximate surface area is 133 Å². The van der Waals surface area contributed by atoms with Crippen LogP contribution in [-0.2, 0) is 6.54 Å². The summed E-state index contributed by atoms with van der Waals surface area (Å²) in [4.78, 5) is 8.74. The van der Waals surface area contributed by atoms with E-state index < -0.39 is 0 Å². The Morgan fingerprint density at radius 1 is 1.09 bits per heavy atom.